The molecule has 2 aromatic carbocycles. The molecule has 300 valence electrons. The van der Waals surface area contributed by atoms with Gasteiger partial charge in [-0.05, 0) is 90.1 Å². The van der Waals surface area contributed by atoms with Gasteiger partial charge in [-0.2, -0.15) is 4.57 Å². The molecule has 6 rings (SSSR count). The second kappa shape index (κ2) is 19.4. The van der Waals surface area contributed by atoms with Crippen LogP contribution in [-0.4, -0.2) is 90.7 Å². The Morgan fingerprint density at radius 3 is 2.38 bits per heavy atom. The van der Waals surface area contributed by atoms with Crippen LogP contribution in [0.15, 0.2) is 57.9 Å². The quantitative estimate of drug-likeness (QED) is 0.0694. The van der Waals surface area contributed by atoms with Crippen molar-refractivity contribution in [3.63, 3.8) is 0 Å². The summed E-state index contributed by atoms with van der Waals surface area (Å²) < 4.78 is 25.7. The number of nitrogens with zero attached hydrogens (tertiary/aromatic N) is 8. The Hall–Kier alpha value is -4.81. The minimum Gasteiger partial charge on any atom is -0.422 e. The number of anilines is 3. The van der Waals surface area contributed by atoms with Crippen LogP contribution in [0.1, 0.15) is 76.8 Å². The van der Waals surface area contributed by atoms with E-state index in [1.54, 1.807) is 6.07 Å². The SMILES string of the molecule is CCCCN(CCCC)CCCn1cc(CNc2cc3c(cc2F)c(N2CCN(C)CC2)cc(/C=C/c2cc4ccc(N(CC)CC)cc4oc2=O)[n+]3C)nn1. The average Bonchev–Trinajstić information content (AvgIpc) is 3.66. The predicted molar refractivity (Wildman–Crippen MR) is 228 cm³/mol. The van der Waals surface area contributed by atoms with Crippen LogP contribution >= 0.6 is 0 Å². The van der Waals surface area contributed by atoms with Crippen molar-refractivity contribution < 1.29 is 13.4 Å². The van der Waals surface area contributed by atoms with E-state index in [4.69, 9.17) is 4.42 Å². The highest BCUT2D eigenvalue weighted by Crippen LogP contribution is 2.31. The molecular weight excluding hydrogens is 706 g/mol. The van der Waals surface area contributed by atoms with E-state index in [1.807, 2.05) is 54.3 Å². The third-order valence-corrected chi connectivity index (χ3v) is 11.1. The number of hydrogen-bond acceptors (Lipinski definition) is 9. The monoisotopic (exact) mass is 766 g/mol. The molecule has 1 aliphatic heterocycles. The Balaban J connectivity index is 1.23. The molecule has 5 aromatic rings. The summed E-state index contributed by atoms with van der Waals surface area (Å²) in [6, 6.07) is 13.5. The van der Waals surface area contributed by atoms with Gasteiger partial charge in [-0.25, -0.2) is 9.18 Å². The van der Waals surface area contributed by atoms with Crippen LogP contribution in [0, 0.1) is 5.82 Å². The molecule has 0 atom stereocenters. The molecule has 1 fully saturated rings. The van der Waals surface area contributed by atoms with Gasteiger partial charge in [-0.3, -0.25) is 4.68 Å². The molecule has 1 saturated heterocycles. The van der Waals surface area contributed by atoms with Crippen molar-refractivity contribution in [3.8, 4) is 0 Å². The highest BCUT2D eigenvalue weighted by Gasteiger charge is 2.24. The van der Waals surface area contributed by atoms with E-state index in [9.17, 15) is 4.79 Å². The molecule has 0 amide bonds. The maximum absolute atomic E-state index is 15.9. The standard InChI is InChI=1S/C44H60FN9O2/c1-7-11-18-51(19-12-8-2)20-13-21-54-32-35(47-48-54)31-46-40-30-41-38(29-39(40)45)42(53-24-22-49(5)23-25-53)27-36(50(41)6)16-15-34-26-33-14-17-37(52(9-3)10-4)28-43(33)56-44(34)55/h14-17,26-30,32H,7-13,18-25,31H2,1-6H3/p+1/b16-15+. The lowest BCUT2D eigenvalue weighted by molar-refractivity contribution is -0.646. The van der Waals surface area contributed by atoms with Gasteiger partial charge in [0.2, 0.25) is 11.2 Å². The number of unbranched alkanes of at least 4 members (excludes halogenated alkanes) is 2. The first-order valence-corrected chi connectivity index (χ1v) is 20.7. The number of piperazine rings is 1. The first-order valence-electron chi connectivity index (χ1n) is 20.7. The van der Waals surface area contributed by atoms with E-state index in [2.05, 4.69) is 86.7 Å². The summed E-state index contributed by atoms with van der Waals surface area (Å²) in [4.78, 5) is 22.6. The lowest BCUT2D eigenvalue weighted by atomic mass is 10.1. The van der Waals surface area contributed by atoms with E-state index in [1.165, 1.54) is 25.7 Å². The molecule has 11 nitrogen and oxygen atoms in total. The maximum atomic E-state index is 15.9. The van der Waals surface area contributed by atoms with Crippen LogP contribution in [0.5, 0.6) is 0 Å². The van der Waals surface area contributed by atoms with E-state index < -0.39 is 0 Å². The molecule has 0 aliphatic carbocycles. The Morgan fingerprint density at radius 2 is 1.66 bits per heavy atom. The fourth-order valence-electron chi connectivity index (χ4n) is 7.57. The molecule has 0 spiro atoms. The van der Waals surface area contributed by atoms with E-state index in [0.29, 0.717) is 23.4 Å². The van der Waals surface area contributed by atoms with Crippen molar-refractivity contribution >= 4 is 51.1 Å². The van der Waals surface area contributed by atoms with Gasteiger partial charge in [0.15, 0.2) is 0 Å². The Labute approximate surface area is 331 Å². The number of nitrogens with one attached hydrogen (secondary N) is 1. The topological polar surface area (TPSA) is 89.8 Å². The fourth-order valence-corrected chi connectivity index (χ4v) is 7.57. The first kappa shape index (κ1) is 40.8. The third-order valence-electron chi connectivity index (χ3n) is 11.1. The summed E-state index contributed by atoms with van der Waals surface area (Å²) in [5, 5.41) is 13.8. The second-order valence-corrected chi connectivity index (χ2v) is 15.1. The maximum Gasteiger partial charge on any atom is 0.343 e. The lowest BCUT2D eigenvalue weighted by Crippen LogP contribution is -2.45. The Morgan fingerprint density at radius 1 is 0.929 bits per heavy atom. The van der Waals surface area contributed by atoms with Crippen LogP contribution < -0.4 is 25.3 Å². The Kier molecular flexibility index (Phi) is 14.1. The van der Waals surface area contributed by atoms with Crippen LogP contribution in [0.4, 0.5) is 21.5 Å². The number of halogens is 1. The van der Waals surface area contributed by atoms with E-state index >= 15 is 4.39 Å². The molecule has 0 unspecified atom stereocenters. The van der Waals surface area contributed by atoms with Crippen LogP contribution in [0.3, 0.4) is 0 Å². The Bertz CT molecular complexity index is 2140. The smallest absolute Gasteiger partial charge is 0.343 e. The van der Waals surface area contributed by atoms with Crippen molar-refractivity contribution in [2.24, 2.45) is 7.05 Å². The number of aromatic nitrogens is 4. The molecule has 4 heterocycles. The van der Waals surface area contributed by atoms with Gasteiger partial charge in [-0.1, -0.05) is 31.9 Å². The fraction of sp³-hybridized carbons (Fsp3) is 0.500. The average molecular weight is 767 g/mol. The van der Waals surface area contributed by atoms with Gasteiger partial charge in [0.1, 0.15) is 24.1 Å². The highest BCUT2D eigenvalue weighted by atomic mass is 19.1. The van der Waals surface area contributed by atoms with Crippen molar-refractivity contribution in [1.82, 2.24) is 24.8 Å². The van der Waals surface area contributed by atoms with Gasteiger partial charge in [0, 0.05) is 81.2 Å². The zero-order chi connectivity index (χ0) is 39.6. The number of rotatable bonds is 19. The summed E-state index contributed by atoms with van der Waals surface area (Å²) in [7, 11) is 4.10. The van der Waals surface area contributed by atoms with Gasteiger partial charge >= 0.3 is 5.63 Å². The second-order valence-electron chi connectivity index (χ2n) is 15.1. The summed E-state index contributed by atoms with van der Waals surface area (Å²) in [6.07, 6.45) is 11.6. The molecule has 0 saturated carbocycles. The van der Waals surface area contributed by atoms with Crippen molar-refractivity contribution in [3.05, 3.63) is 81.9 Å². The van der Waals surface area contributed by atoms with Crippen LogP contribution in [0.25, 0.3) is 34.0 Å². The minimum atomic E-state index is -0.389. The van der Waals surface area contributed by atoms with Gasteiger partial charge in [0.05, 0.1) is 35.1 Å². The zero-order valence-electron chi connectivity index (χ0n) is 34.4. The predicted octanol–water partition coefficient (Wildman–Crippen LogP) is 7.17. The van der Waals surface area contributed by atoms with E-state index in [-0.39, 0.29) is 11.4 Å². The van der Waals surface area contributed by atoms with Crippen molar-refractivity contribution in [2.45, 2.75) is 72.9 Å². The van der Waals surface area contributed by atoms with E-state index in [0.717, 1.165) is 111 Å². The van der Waals surface area contributed by atoms with Gasteiger partial charge < -0.3 is 29.3 Å². The van der Waals surface area contributed by atoms with Crippen molar-refractivity contribution in [2.75, 3.05) is 81.1 Å². The molecule has 1 aliphatic rings. The molecular formula is C44H61FN9O2+. The number of hydrogen-bond donors (Lipinski definition) is 1. The van der Waals surface area contributed by atoms with Crippen LogP contribution in [0.2, 0.25) is 0 Å². The summed E-state index contributed by atoms with van der Waals surface area (Å²) in [5.41, 5.74) is 5.56. The number of pyridine rings is 1. The number of aryl methyl sites for hydroxylation is 2. The summed E-state index contributed by atoms with van der Waals surface area (Å²) in [6.45, 7) is 18.4. The number of likely N-dealkylation sites (N-methyl/N-ethyl adjacent to an activating group) is 1. The van der Waals surface area contributed by atoms with Gasteiger partial charge in [-0.15, -0.1) is 5.10 Å². The summed E-state index contributed by atoms with van der Waals surface area (Å²) >= 11 is 0. The first-order chi connectivity index (χ1) is 27.2. The summed E-state index contributed by atoms with van der Waals surface area (Å²) in [5.74, 6) is -0.319. The number of fused-ring (bicyclic) bond motifs is 2. The molecule has 56 heavy (non-hydrogen) atoms. The molecule has 3 aromatic heterocycles. The normalized spacial score (nSPS) is 13.9. The number of benzene rings is 2. The third kappa shape index (κ3) is 9.94. The molecule has 12 heteroatoms. The van der Waals surface area contributed by atoms with Crippen LogP contribution in [-0.2, 0) is 20.1 Å². The molecule has 1 N–H and O–H groups in total. The minimum absolute atomic E-state index is 0.319. The molecule has 0 radical (unpaired) electrons. The zero-order valence-corrected chi connectivity index (χ0v) is 34.4. The largest absolute Gasteiger partial charge is 0.422 e. The van der Waals surface area contributed by atoms with Gasteiger partial charge in [0.25, 0.3) is 0 Å². The van der Waals surface area contributed by atoms with Crippen molar-refractivity contribution in [1.29, 1.82) is 0 Å². The highest BCUT2D eigenvalue weighted by molar-refractivity contribution is 5.93. The molecule has 0 bridgehead atoms. The lowest BCUT2D eigenvalue weighted by Gasteiger charge is -2.34.